The van der Waals surface area contributed by atoms with Gasteiger partial charge in [-0.05, 0) is 67.3 Å². The summed E-state index contributed by atoms with van der Waals surface area (Å²) in [6.07, 6.45) is 0.870. The zero-order valence-corrected chi connectivity index (χ0v) is 20.0. The summed E-state index contributed by atoms with van der Waals surface area (Å²) in [6.45, 7) is 6.49. The molecule has 4 rings (SSSR count). The van der Waals surface area contributed by atoms with E-state index in [0.29, 0.717) is 29.0 Å². The molecule has 6 heteroatoms. The molecule has 0 aromatic heterocycles. The van der Waals surface area contributed by atoms with E-state index in [2.05, 4.69) is 0 Å². The Morgan fingerprint density at radius 3 is 2.43 bits per heavy atom. The Morgan fingerprint density at radius 1 is 1.03 bits per heavy atom. The van der Waals surface area contributed by atoms with Crippen LogP contribution in [0.2, 0.25) is 0 Å². The summed E-state index contributed by atoms with van der Waals surface area (Å²) in [4.78, 5) is 27.8. The van der Waals surface area contributed by atoms with Crippen LogP contribution in [0.25, 0.3) is 5.76 Å². The molecule has 0 bridgehead atoms. The first kappa shape index (κ1) is 24.2. The normalized spacial score (nSPS) is 17.1. The summed E-state index contributed by atoms with van der Waals surface area (Å²) in [7, 11) is 0. The highest BCUT2D eigenvalue weighted by molar-refractivity contribution is 6.46. The zero-order chi connectivity index (χ0) is 25.1. The van der Waals surface area contributed by atoms with Gasteiger partial charge < -0.3 is 14.7 Å². The number of ketones is 1. The van der Waals surface area contributed by atoms with Crippen molar-refractivity contribution >= 4 is 17.4 Å². The van der Waals surface area contributed by atoms with Crippen molar-refractivity contribution in [3.63, 3.8) is 0 Å². The maximum atomic E-state index is 13.4. The number of nitrogens with zero attached hydrogens (tertiary/aromatic N) is 1. The average Bonchev–Trinajstić information content (AvgIpc) is 3.09. The minimum atomic E-state index is -0.781. The smallest absolute Gasteiger partial charge is 0.295 e. The number of rotatable bonds is 7. The molecule has 1 aliphatic heterocycles. The molecule has 180 valence electrons. The Kier molecular flexibility index (Phi) is 7.01. The number of carbonyl (C=O) groups is 2. The fourth-order valence-electron chi connectivity index (χ4n) is 4.34. The molecule has 35 heavy (non-hydrogen) atoms. The third kappa shape index (κ3) is 4.97. The molecule has 1 N–H and O–H groups in total. The van der Waals surface area contributed by atoms with Crippen LogP contribution in [-0.4, -0.2) is 28.3 Å². The van der Waals surface area contributed by atoms with E-state index in [1.54, 1.807) is 30.3 Å². The molecule has 3 aromatic rings. The molecule has 1 fully saturated rings. The molecule has 0 saturated carbocycles. The second-order valence-electron chi connectivity index (χ2n) is 8.80. The lowest BCUT2D eigenvalue weighted by Crippen LogP contribution is -2.29. The lowest BCUT2D eigenvalue weighted by molar-refractivity contribution is -0.140. The second-order valence-corrected chi connectivity index (χ2v) is 8.80. The van der Waals surface area contributed by atoms with Crippen LogP contribution in [0.4, 0.5) is 4.39 Å². The molecule has 0 spiro atoms. The van der Waals surface area contributed by atoms with Crippen LogP contribution < -0.4 is 4.74 Å². The van der Waals surface area contributed by atoms with Crippen molar-refractivity contribution in [3.8, 4) is 5.75 Å². The number of aliphatic hydroxyl groups is 1. The van der Waals surface area contributed by atoms with Crippen molar-refractivity contribution in [1.29, 1.82) is 0 Å². The van der Waals surface area contributed by atoms with Crippen molar-refractivity contribution in [2.75, 3.05) is 6.61 Å². The number of likely N-dealkylation sites (tertiary alicyclic amines) is 1. The summed E-state index contributed by atoms with van der Waals surface area (Å²) in [5.74, 6) is -1.37. The number of amides is 1. The Hall–Kier alpha value is -3.93. The largest absolute Gasteiger partial charge is 0.507 e. The van der Waals surface area contributed by atoms with E-state index >= 15 is 0 Å². The first-order valence-electron chi connectivity index (χ1n) is 11.6. The summed E-state index contributed by atoms with van der Waals surface area (Å²) >= 11 is 0. The Balaban J connectivity index is 1.81. The molecule has 1 aliphatic rings. The number of Topliss-reactive ketones (excluding diaryl/α,β-unsaturated/α-hetero) is 1. The van der Waals surface area contributed by atoms with E-state index in [-0.39, 0.29) is 23.7 Å². The lowest BCUT2D eigenvalue weighted by atomic mass is 9.94. The van der Waals surface area contributed by atoms with Gasteiger partial charge in [-0.1, -0.05) is 48.9 Å². The molecule has 1 amide bonds. The number of hydrogen-bond acceptors (Lipinski definition) is 4. The van der Waals surface area contributed by atoms with Gasteiger partial charge in [-0.25, -0.2) is 4.39 Å². The highest BCUT2D eigenvalue weighted by Gasteiger charge is 2.46. The fraction of sp³-hybridized carbons (Fsp3) is 0.241. The van der Waals surface area contributed by atoms with Gasteiger partial charge >= 0.3 is 0 Å². The van der Waals surface area contributed by atoms with Gasteiger partial charge in [-0.3, -0.25) is 9.59 Å². The van der Waals surface area contributed by atoms with Gasteiger partial charge in [0.2, 0.25) is 0 Å². The van der Waals surface area contributed by atoms with Crippen LogP contribution >= 0.6 is 0 Å². The molecule has 5 nitrogen and oxygen atoms in total. The average molecular weight is 474 g/mol. The zero-order valence-electron chi connectivity index (χ0n) is 20.0. The van der Waals surface area contributed by atoms with Crippen molar-refractivity contribution < 1.29 is 23.8 Å². The van der Waals surface area contributed by atoms with Crippen LogP contribution in [0.1, 0.15) is 47.2 Å². The van der Waals surface area contributed by atoms with Gasteiger partial charge in [-0.2, -0.15) is 0 Å². The number of carbonyl (C=O) groups excluding carboxylic acids is 2. The van der Waals surface area contributed by atoms with Gasteiger partial charge in [0.1, 0.15) is 17.3 Å². The molecular weight excluding hydrogens is 445 g/mol. The summed E-state index contributed by atoms with van der Waals surface area (Å²) in [5.41, 5.74) is 3.64. The summed E-state index contributed by atoms with van der Waals surface area (Å²) < 4.78 is 19.2. The number of benzene rings is 3. The van der Waals surface area contributed by atoms with Crippen LogP contribution in [0.5, 0.6) is 5.75 Å². The van der Waals surface area contributed by atoms with Crippen LogP contribution in [0.3, 0.4) is 0 Å². The number of ether oxygens (including phenoxy) is 1. The third-order valence-electron chi connectivity index (χ3n) is 6.07. The first-order valence-corrected chi connectivity index (χ1v) is 11.6. The van der Waals surface area contributed by atoms with E-state index in [1.807, 2.05) is 45.0 Å². The van der Waals surface area contributed by atoms with Gasteiger partial charge in [-0.15, -0.1) is 0 Å². The summed E-state index contributed by atoms with van der Waals surface area (Å²) in [5, 5.41) is 11.3. The lowest BCUT2D eigenvalue weighted by Gasteiger charge is -2.26. The van der Waals surface area contributed by atoms with Crippen molar-refractivity contribution in [1.82, 2.24) is 4.90 Å². The molecule has 1 heterocycles. The number of halogens is 1. The monoisotopic (exact) mass is 473 g/mol. The molecule has 3 aromatic carbocycles. The predicted octanol–water partition coefficient (Wildman–Crippen LogP) is 5.85. The van der Waals surface area contributed by atoms with Crippen LogP contribution in [0, 0.1) is 19.7 Å². The quantitative estimate of drug-likeness (QED) is 0.265. The van der Waals surface area contributed by atoms with Gasteiger partial charge in [0.05, 0.1) is 18.2 Å². The maximum Gasteiger partial charge on any atom is 0.295 e. The summed E-state index contributed by atoms with van der Waals surface area (Å²) in [6, 6.07) is 17.7. The van der Waals surface area contributed by atoms with Crippen molar-refractivity contribution in [3.05, 3.63) is 106 Å². The molecule has 1 atom stereocenters. The first-order chi connectivity index (χ1) is 16.8. The maximum absolute atomic E-state index is 13.4. The number of aliphatic hydroxyl groups excluding tert-OH is 1. The minimum absolute atomic E-state index is 0.0318. The SMILES string of the molecule is CCCOc1ccc(/C(O)=C2/C(=O)C(=O)N(Cc3ccc(F)cc3)C2c2cccc(C)c2)cc1C. The van der Waals surface area contributed by atoms with E-state index in [4.69, 9.17) is 4.74 Å². The van der Waals surface area contributed by atoms with E-state index in [9.17, 15) is 19.1 Å². The van der Waals surface area contributed by atoms with Crippen LogP contribution in [-0.2, 0) is 16.1 Å². The van der Waals surface area contributed by atoms with Gasteiger partial charge in [0.15, 0.2) is 0 Å². The van der Waals surface area contributed by atoms with Gasteiger partial charge in [0.25, 0.3) is 11.7 Å². The minimum Gasteiger partial charge on any atom is -0.507 e. The highest BCUT2D eigenvalue weighted by atomic mass is 19.1. The third-order valence-corrected chi connectivity index (χ3v) is 6.07. The second kappa shape index (κ2) is 10.1. The fourth-order valence-corrected chi connectivity index (χ4v) is 4.34. The number of aryl methyl sites for hydroxylation is 2. The molecule has 1 saturated heterocycles. The number of hydrogen-bond donors (Lipinski definition) is 1. The molecule has 0 aliphatic carbocycles. The van der Waals surface area contributed by atoms with Crippen molar-refractivity contribution in [2.24, 2.45) is 0 Å². The van der Waals surface area contributed by atoms with E-state index in [0.717, 1.165) is 17.5 Å². The Morgan fingerprint density at radius 2 is 1.77 bits per heavy atom. The Labute approximate surface area is 204 Å². The van der Waals surface area contributed by atoms with E-state index < -0.39 is 17.7 Å². The highest BCUT2D eigenvalue weighted by Crippen LogP contribution is 2.41. The topological polar surface area (TPSA) is 66.8 Å². The predicted molar refractivity (Wildman–Crippen MR) is 132 cm³/mol. The molecular formula is C29H28FNO4. The standard InChI is InChI=1S/C29H28FNO4/c1-4-14-35-24-13-10-22(16-19(24)3)27(32)25-26(21-7-5-6-18(2)15-21)31(29(34)28(25)33)17-20-8-11-23(30)12-9-20/h5-13,15-16,26,32H,4,14,17H2,1-3H3/b27-25-. The molecule has 0 radical (unpaired) electrons. The van der Waals surface area contributed by atoms with Crippen LogP contribution in [0.15, 0.2) is 72.3 Å². The van der Waals surface area contributed by atoms with Gasteiger partial charge in [0, 0.05) is 12.1 Å². The van der Waals surface area contributed by atoms with Crippen molar-refractivity contribution in [2.45, 2.75) is 39.8 Å². The Bertz CT molecular complexity index is 1300. The molecule has 1 unspecified atom stereocenters. The van der Waals surface area contributed by atoms with E-state index in [1.165, 1.54) is 17.0 Å².